The third-order valence-electron chi connectivity index (χ3n) is 5.32. The molecule has 11 heteroatoms. The molecule has 3 aromatic carbocycles. The molecule has 0 aliphatic rings. The Labute approximate surface area is 204 Å². The van der Waals surface area contributed by atoms with Gasteiger partial charge in [-0.3, -0.25) is 9.59 Å². The molecule has 1 amide bonds. The maximum Gasteiger partial charge on any atom is 0.353 e. The highest BCUT2D eigenvalue weighted by atomic mass is 35.5. The predicted molar refractivity (Wildman–Crippen MR) is 130 cm³/mol. The van der Waals surface area contributed by atoms with Gasteiger partial charge in [0, 0.05) is 28.2 Å². The number of hydrogen-bond donors (Lipinski definition) is 3. The molecule has 0 aliphatic heterocycles. The SMILES string of the molecule is NS(=O)(=O)c1ccc(C(=O)NCc2c(C(=O)O)n(-c3ccccc3)c3cc(Cl)ccc3c2=O)cc1. The third-order valence-corrected chi connectivity index (χ3v) is 6.48. The van der Waals surface area contributed by atoms with Crippen molar-refractivity contribution in [2.45, 2.75) is 11.4 Å². The normalized spacial score (nSPS) is 11.4. The third kappa shape index (κ3) is 4.80. The standard InChI is InChI=1S/C24H18ClN3O6S/c25-15-8-11-18-20(12-15)28(16-4-2-1-3-5-16)21(24(31)32)19(22(18)29)13-27-23(30)14-6-9-17(10-7-14)35(26,33)34/h1-12H,13H2,(H,27,30)(H,31,32)(H2,26,33,34). The van der Waals surface area contributed by atoms with E-state index in [9.17, 15) is 27.9 Å². The predicted octanol–water partition coefficient (Wildman–Crippen LogP) is 2.92. The van der Waals surface area contributed by atoms with Gasteiger partial charge in [0.15, 0.2) is 5.43 Å². The van der Waals surface area contributed by atoms with Crippen molar-refractivity contribution in [3.8, 4) is 5.69 Å². The van der Waals surface area contributed by atoms with Crippen molar-refractivity contribution in [3.05, 3.63) is 105 Å². The first-order chi connectivity index (χ1) is 16.6. The summed E-state index contributed by atoms with van der Waals surface area (Å²) in [6.45, 7) is -0.387. The lowest BCUT2D eigenvalue weighted by Crippen LogP contribution is -2.30. The molecule has 9 nitrogen and oxygen atoms in total. The fourth-order valence-electron chi connectivity index (χ4n) is 3.71. The fraction of sp³-hybridized carbons (Fsp3) is 0.0417. The summed E-state index contributed by atoms with van der Waals surface area (Å²) in [6.07, 6.45) is 0. The van der Waals surface area contributed by atoms with Crippen LogP contribution in [-0.2, 0) is 16.6 Å². The summed E-state index contributed by atoms with van der Waals surface area (Å²) in [5.74, 6) is -2.00. The summed E-state index contributed by atoms with van der Waals surface area (Å²) in [7, 11) is -3.93. The van der Waals surface area contributed by atoms with Crippen molar-refractivity contribution in [1.29, 1.82) is 0 Å². The number of benzene rings is 3. The van der Waals surface area contributed by atoms with Crippen molar-refractivity contribution in [2.75, 3.05) is 0 Å². The summed E-state index contributed by atoms with van der Waals surface area (Å²) in [5.41, 5.74) is -0.119. The van der Waals surface area contributed by atoms with Crippen LogP contribution >= 0.6 is 11.6 Å². The molecule has 1 heterocycles. The molecule has 4 aromatic rings. The van der Waals surface area contributed by atoms with Crippen LogP contribution in [0.5, 0.6) is 0 Å². The number of carboxylic acid groups (broad SMARTS) is 1. The van der Waals surface area contributed by atoms with E-state index in [1.165, 1.54) is 47.0 Å². The van der Waals surface area contributed by atoms with E-state index >= 15 is 0 Å². The lowest BCUT2D eigenvalue weighted by molar-refractivity contribution is 0.0685. The molecule has 35 heavy (non-hydrogen) atoms. The molecule has 4 rings (SSSR count). The van der Waals surface area contributed by atoms with Gasteiger partial charge in [0.2, 0.25) is 10.0 Å². The van der Waals surface area contributed by atoms with E-state index in [1.807, 2.05) is 0 Å². The summed E-state index contributed by atoms with van der Waals surface area (Å²) < 4.78 is 24.2. The lowest BCUT2D eigenvalue weighted by atomic mass is 10.1. The largest absolute Gasteiger partial charge is 0.477 e. The number of nitrogens with one attached hydrogen (secondary N) is 1. The number of aromatic nitrogens is 1. The first kappa shape index (κ1) is 24.1. The Bertz CT molecular complexity index is 1630. The van der Waals surface area contributed by atoms with Gasteiger partial charge in [-0.15, -0.1) is 0 Å². The molecular formula is C24H18ClN3O6S. The molecule has 0 fully saturated rings. The molecule has 0 saturated heterocycles. The number of aromatic carboxylic acids is 1. The van der Waals surface area contributed by atoms with E-state index in [4.69, 9.17) is 16.7 Å². The van der Waals surface area contributed by atoms with E-state index in [0.29, 0.717) is 16.2 Å². The number of nitrogens with zero attached hydrogens (tertiary/aromatic N) is 1. The topological polar surface area (TPSA) is 149 Å². The molecule has 0 unspecified atom stereocenters. The first-order valence-corrected chi connectivity index (χ1v) is 12.1. The monoisotopic (exact) mass is 511 g/mol. The number of carbonyl (C=O) groups excluding carboxylic acids is 1. The van der Waals surface area contributed by atoms with Gasteiger partial charge in [-0.25, -0.2) is 18.4 Å². The maximum atomic E-state index is 13.3. The maximum absolute atomic E-state index is 13.3. The smallest absolute Gasteiger partial charge is 0.353 e. The molecule has 0 atom stereocenters. The Kier molecular flexibility index (Phi) is 6.44. The van der Waals surface area contributed by atoms with Crippen LogP contribution in [0.3, 0.4) is 0 Å². The number of fused-ring (bicyclic) bond motifs is 1. The van der Waals surface area contributed by atoms with Crippen LogP contribution < -0.4 is 15.9 Å². The van der Waals surface area contributed by atoms with Crippen LogP contribution in [0.15, 0.2) is 82.5 Å². The van der Waals surface area contributed by atoms with Gasteiger partial charge >= 0.3 is 5.97 Å². The second-order valence-corrected chi connectivity index (χ2v) is 9.54. The molecule has 1 aromatic heterocycles. The van der Waals surface area contributed by atoms with Gasteiger partial charge < -0.3 is 15.0 Å². The molecule has 178 valence electrons. The summed E-state index contributed by atoms with van der Waals surface area (Å²) in [5, 5.41) is 18.2. The van der Waals surface area contributed by atoms with Crippen molar-refractivity contribution < 1.29 is 23.1 Å². The summed E-state index contributed by atoms with van der Waals surface area (Å²) in [6, 6.07) is 18.0. The van der Waals surface area contributed by atoms with Crippen LogP contribution in [0.1, 0.15) is 26.4 Å². The second kappa shape index (κ2) is 9.34. The van der Waals surface area contributed by atoms with Crippen LogP contribution in [0.4, 0.5) is 0 Å². The Morgan fingerprint density at radius 2 is 1.66 bits per heavy atom. The van der Waals surface area contributed by atoms with E-state index in [1.54, 1.807) is 30.3 Å². The van der Waals surface area contributed by atoms with Crippen LogP contribution in [0.2, 0.25) is 5.02 Å². The van der Waals surface area contributed by atoms with E-state index in [2.05, 4.69) is 5.32 Å². The average Bonchev–Trinajstić information content (AvgIpc) is 2.82. The molecule has 0 bridgehead atoms. The van der Waals surface area contributed by atoms with Crippen molar-refractivity contribution in [1.82, 2.24) is 9.88 Å². The van der Waals surface area contributed by atoms with Crippen molar-refractivity contribution >= 4 is 44.4 Å². The summed E-state index contributed by atoms with van der Waals surface area (Å²) in [4.78, 5) is 38.2. The highest BCUT2D eigenvalue weighted by Crippen LogP contribution is 2.25. The Hall–Kier alpha value is -3.99. The molecule has 4 N–H and O–H groups in total. The number of amides is 1. The number of carbonyl (C=O) groups is 2. The molecule has 0 aliphatic carbocycles. The second-order valence-electron chi connectivity index (χ2n) is 7.55. The highest BCUT2D eigenvalue weighted by molar-refractivity contribution is 7.89. The number of halogens is 1. The van der Waals surface area contributed by atoms with Gasteiger partial charge in [0.05, 0.1) is 16.0 Å². The number of primary sulfonamides is 1. The number of carboxylic acids is 1. The Morgan fingerprint density at radius 1 is 1.00 bits per heavy atom. The van der Waals surface area contributed by atoms with Gasteiger partial charge in [-0.05, 0) is 54.6 Å². The van der Waals surface area contributed by atoms with E-state index in [-0.39, 0.29) is 33.6 Å². The zero-order valence-corrected chi connectivity index (χ0v) is 19.5. The minimum Gasteiger partial charge on any atom is -0.477 e. The minimum absolute atomic E-state index is 0.102. The molecule has 0 radical (unpaired) electrons. The van der Waals surface area contributed by atoms with Gasteiger partial charge in [-0.1, -0.05) is 29.8 Å². The van der Waals surface area contributed by atoms with Crippen molar-refractivity contribution in [3.63, 3.8) is 0 Å². The average molecular weight is 512 g/mol. The zero-order chi connectivity index (χ0) is 25.3. The molecule has 0 spiro atoms. The first-order valence-electron chi connectivity index (χ1n) is 10.1. The van der Waals surface area contributed by atoms with Gasteiger partial charge in [0.1, 0.15) is 5.69 Å². The van der Waals surface area contributed by atoms with Gasteiger partial charge in [0.25, 0.3) is 5.91 Å². The number of rotatable bonds is 6. The quantitative estimate of drug-likeness (QED) is 0.362. The van der Waals surface area contributed by atoms with E-state index < -0.39 is 27.3 Å². The zero-order valence-electron chi connectivity index (χ0n) is 17.9. The van der Waals surface area contributed by atoms with E-state index in [0.717, 1.165) is 0 Å². The van der Waals surface area contributed by atoms with Crippen LogP contribution in [0, 0.1) is 0 Å². The number of hydrogen-bond acceptors (Lipinski definition) is 5. The molecule has 0 saturated carbocycles. The number of pyridine rings is 1. The lowest BCUT2D eigenvalue weighted by Gasteiger charge is -2.19. The Morgan fingerprint density at radius 3 is 2.26 bits per heavy atom. The van der Waals surface area contributed by atoms with Crippen molar-refractivity contribution in [2.24, 2.45) is 5.14 Å². The summed E-state index contributed by atoms with van der Waals surface area (Å²) >= 11 is 6.15. The van der Waals surface area contributed by atoms with Crippen LogP contribution in [-0.4, -0.2) is 30.0 Å². The van der Waals surface area contributed by atoms with Gasteiger partial charge in [-0.2, -0.15) is 0 Å². The number of nitrogens with two attached hydrogens (primary N) is 1. The number of para-hydroxylation sites is 1. The minimum atomic E-state index is -3.93. The van der Waals surface area contributed by atoms with Crippen LogP contribution in [0.25, 0.3) is 16.6 Å². The fourth-order valence-corrected chi connectivity index (χ4v) is 4.39. The number of sulfonamides is 1. The Balaban J connectivity index is 1.82. The highest BCUT2D eigenvalue weighted by Gasteiger charge is 2.24. The molecular weight excluding hydrogens is 494 g/mol.